The molecule has 5 rings (SSSR count). The Balaban J connectivity index is 0.000000155. The van der Waals surface area contributed by atoms with Crippen molar-refractivity contribution in [2.24, 2.45) is 0 Å². The predicted octanol–water partition coefficient (Wildman–Crippen LogP) is 3.69. The Morgan fingerprint density at radius 2 is 1.72 bits per heavy atom. The molecule has 2 aromatic heterocycles. The van der Waals surface area contributed by atoms with Crippen molar-refractivity contribution < 1.29 is 23.1 Å². The Morgan fingerprint density at radius 3 is 2.31 bits per heavy atom. The van der Waals surface area contributed by atoms with Crippen LogP contribution < -0.4 is 9.80 Å². The summed E-state index contributed by atoms with van der Waals surface area (Å²) in [6, 6.07) is 2.74. The van der Waals surface area contributed by atoms with Gasteiger partial charge in [0.1, 0.15) is 17.3 Å². The SMILES string of the molecule is Cc1nc2c(c(N3CCC3)n1)CN(C(=O)O)C2.FC(F)(F)c1cc(N2CCCC2)ccn1. The molecule has 1 N–H and O–H groups in total. The second-order valence-corrected chi connectivity index (χ2v) is 8.09. The molecule has 32 heavy (non-hydrogen) atoms. The number of hydrogen-bond acceptors (Lipinski definition) is 6. The normalized spacial score (nSPS) is 17.6. The Hall–Kier alpha value is -3.11. The molecule has 0 spiro atoms. The first-order chi connectivity index (χ1) is 15.2. The number of amides is 1. The number of rotatable bonds is 2. The number of aryl methyl sites for hydroxylation is 1. The molecule has 2 fully saturated rings. The third-order valence-electron chi connectivity index (χ3n) is 5.80. The molecule has 3 aliphatic rings. The van der Waals surface area contributed by atoms with Crippen molar-refractivity contribution in [2.45, 2.75) is 45.5 Å². The quantitative estimate of drug-likeness (QED) is 0.747. The zero-order chi connectivity index (χ0) is 22.9. The van der Waals surface area contributed by atoms with E-state index >= 15 is 0 Å². The highest BCUT2D eigenvalue weighted by Crippen LogP contribution is 2.32. The molecule has 2 saturated heterocycles. The highest BCUT2D eigenvalue weighted by atomic mass is 19.4. The van der Waals surface area contributed by atoms with Gasteiger partial charge in [0.15, 0.2) is 0 Å². The predicted molar refractivity (Wildman–Crippen MR) is 112 cm³/mol. The van der Waals surface area contributed by atoms with Gasteiger partial charge in [0.25, 0.3) is 0 Å². The molecule has 1 amide bonds. The molecule has 172 valence electrons. The summed E-state index contributed by atoms with van der Waals surface area (Å²) in [4.78, 5) is 28.6. The van der Waals surface area contributed by atoms with Gasteiger partial charge in [-0.25, -0.2) is 14.8 Å². The van der Waals surface area contributed by atoms with E-state index < -0.39 is 18.0 Å². The van der Waals surface area contributed by atoms with E-state index in [0.717, 1.165) is 68.0 Å². The summed E-state index contributed by atoms with van der Waals surface area (Å²) in [5.41, 5.74) is 1.65. The summed E-state index contributed by atoms with van der Waals surface area (Å²) in [5.74, 6) is 1.65. The Labute approximate surface area is 183 Å². The lowest BCUT2D eigenvalue weighted by Crippen LogP contribution is -2.38. The summed E-state index contributed by atoms with van der Waals surface area (Å²) >= 11 is 0. The fourth-order valence-corrected chi connectivity index (χ4v) is 4.03. The van der Waals surface area contributed by atoms with Crippen LogP contribution in [0.15, 0.2) is 18.3 Å². The van der Waals surface area contributed by atoms with Crippen LogP contribution in [0.25, 0.3) is 0 Å². The molecule has 8 nitrogen and oxygen atoms in total. The first-order valence-electron chi connectivity index (χ1n) is 10.6. The van der Waals surface area contributed by atoms with Crippen LogP contribution in [0.3, 0.4) is 0 Å². The highest BCUT2D eigenvalue weighted by Gasteiger charge is 2.33. The second kappa shape index (κ2) is 8.79. The van der Waals surface area contributed by atoms with Crippen LogP contribution in [0.1, 0.15) is 42.0 Å². The van der Waals surface area contributed by atoms with Gasteiger partial charge < -0.3 is 14.9 Å². The topological polar surface area (TPSA) is 85.7 Å². The van der Waals surface area contributed by atoms with Gasteiger partial charge in [-0.2, -0.15) is 13.2 Å². The van der Waals surface area contributed by atoms with Crippen LogP contribution in [0.2, 0.25) is 0 Å². The standard InChI is InChI=1S/C11H14N4O2.C10H11F3N2/c1-7-12-9-6-15(11(16)17)5-8(9)10(13-7)14-3-2-4-14;11-10(12,13)9-7-8(3-4-14-9)15-5-1-2-6-15/h2-6H2,1H3,(H,16,17);3-4,7H,1-2,5-6H2. The molecule has 5 heterocycles. The summed E-state index contributed by atoms with van der Waals surface area (Å²) in [7, 11) is 0. The number of carboxylic acid groups (broad SMARTS) is 1. The van der Waals surface area contributed by atoms with E-state index in [9.17, 15) is 18.0 Å². The van der Waals surface area contributed by atoms with Crippen molar-refractivity contribution in [2.75, 3.05) is 36.0 Å². The van der Waals surface area contributed by atoms with Gasteiger partial charge in [-0.05, 0) is 38.3 Å². The number of alkyl halides is 3. The number of fused-ring (bicyclic) bond motifs is 1. The first-order valence-corrected chi connectivity index (χ1v) is 10.6. The van der Waals surface area contributed by atoms with Crippen molar-refractivity contribution in [1.82, 2.24) is 19.9 Å². The Bertz CT molecular complexity index is 990. The molecule has 3 aliphatic heterocycles. The minimum atomic E-state index is -4.35. The van der Waals surface area contributed by atoms with Gasteiger partial charge in [-0.1, -0.05) is 0 Å². The molecule has 2 aromatic rings. The van der Waals surface area contributed by atoms with E-state index in [1.165, 1.54) is 17.5 Å². The third kappa shape index (κ3) is 4.71. The smallest absolute Gasteiger partial charge is 0.433 e. The number of hydrogen-bond donors (Lipinski definition) is 1. The molecule has 0 atom stereocenters. The number of carbonyl (C=O) groups is 1. The summed E-state index contributed by atoms with van der Waals surface area (Å²) in [5, 5.41) is 9.02. The van der Waals surface area contributed by atoms with E-state index in [1.54, 1.807) is 6.07 Å². The summed E-state index contributed by atoms with van der Waals surface area (Å²) < 4.78 is 37.1. The maximum atomic E-state index is 12.4. The lowest BCUT2D eigenvalue weighted by Gasteiger charge is -2.33. The van der Waals surface area contributed by atoms with Crippen molar-refractivity contribution in [3.63, 3.8) is 0 Å². The number of halogens is 3. The van der Waals surface area contributed by atoms with Crippen LogP contribution in [0.4, 0.5) is 29.5 Å². The van der Waals surface area contributed by atoms with Gasteiger partial charge in [0.2, 0.25) is 0 Å². The zero-order valence-corrected chi connectivity index (χ0v) is 17.8. The van der Waals surface area contributed by atoms with E-state index in [2.05, 4.69) is 19.9 Å². The first kappa shape index (κ1) is 22.1. The maximum absolute atomic E-state index is 12.4. The van der Waals surface area contributed by atoms with Crippen LogP contribution in [0, 0.1) is 6.92 Å². The van der Waals surface area contributed by atoms with Crippen LogP contribution in [-0.4, -0.2) is 57.2 Å². The largest absolute Gasteiger partial charge is 0.465 e. The van der Waals surface area contributed by atoms with Gasteiger partial charge in [0, 0.05) is 43.6 Å². The average molecular weight is 450 g/mol. The van der Waals surface area contributed by atoms with Crippen molar-refractivity contribution in [3.05, 3.63) is 41.1 Å². The molecular formula is C21H25F3N6O2. The lowest BCUT2D eigenvalue weighted by molar-refractivity contribution is -0.141. The Morgan fingerprint density at radius 1 is 1.03 bits per heavy atom. The third-order valence-corrected chi connectivity index (χ3v) is 5.80. The number of nitrogens with zero attached hydrogens (tertiary/aromatic N) is 6. The van der Waals surface area contributed by atoms with Crippen LogP contribution >= 0.6 is 0 Å². The maximum Gasteiger partial charge on any atom is 0.433 e. The van der Waals surface area contributed by atoms with Crippen LogP contribution in [-0.2, 0) is 19.3 Å². The monoisotopic (exact) mass is 450 g/mol. The number of anilines is 2. The Kier molecular flexibility index (Phi) is 6.07. The average Bonchev–Trinajstić information content (AvgIpc) is 3.36. The minimum Gasteiger partial charge on any atom is -0.465 e. The van der Waals surface area contributed by atoms with Crippen molar-refractivity contribution in [3.8, 4) is 0 Å². The van der Waals surface area contributed by atoms with Crippen molar-refractivity contribution >= 4 is 17.6 Å². The van der Waals surface area contributed by atoms with Crippen molar-refractivity contribution in [1.29, 1.82) is 0 Å². The number of pyridine rings is 1. The van der Waals surface area contributed by atoms with E-state index in [1.807, 2.05) is 11.8 Å². The lowest BCUT2D eigenvalue weighted by atomic mass is 10.1. The molecular weight excluding hydrogens is 425 g/mol. The highest BCUT2D eigenvalue weighted by molar-refractivity contribution is 5.67. The number of aromatic nitrogens is 3. The molecule has 0 aromatic carbocycles. The molecule has 11 heteroatoms. The fourth-order valence-electron chi connectivity index (χ4n) is 4.03. The van der Waals surface area contributed by atoms with Gasteiger partial charge >= 0.3 is 12.3 Å². The van der Waals surface area contributed by atoms with Gasteiger partial charge in [0.05, 0.1) is 18.8 Å². The van der Waals surface area contributed by atoms with Gasteiger partial charge in [-0.15, -0.1) is 0 Å². The van der Waals surface area contributed by atoms with Gasteiger partial charge in [-0.3, -0.25) is 9.88 Å². The van der Waals surface area contributed by atoms with Crippen LogP contribution in [0.5, 0.6) is 0 Å². The molecule has 0 radical (unpaired) electrons. The summed E-state index contributed by atoms with van der Waals surface area (Å²) in [6.45, 7) is 6.34. The molecule has 0 bridgehead atoms. The second-order valence-electron chi connectivity index (χ2n) is 8.09. The summed E-state index contributed by atoms with van der Waals surface area (Å²) in [6.07, 6.45) is -0.754. The fraction of sp³-hybridized carbons (Fsp3) is 0.524. The van der Waals surface area contributed by atoms with E-state index in [4.69, 9.17) is 5.11 Å². The molecule has 0 unspecified atom stereocenters. The molecule has 0 aliphatic carbocycles. The molecule has 0 saturated carbocycles. The zero-order valence-electron chi connectivity index (χ0n) is 17.8. The van der Waals surface area contributed by atoms with E-state index in [0.29, 0.717) is 18.8 Å². The van der Waals surface area contributed by atoms with E-state index in [-0.39, 0.29) is 0 Å². The minimum absolute atomic E-state index is 0.384.